The zero-order valence-corrected chi connectivity index (χ0v) is 34.1. The lowest BCUT2D eigenvalue weighted by molar-refractivity contribution is -0.139. The number of carbonyl (C=O) groups is 1. The highest BCUT2D eigenvalue weighted by Crippen LogP contribution is 2.68. The van der Waals surface area contributed by atoms with Gasteiger partial charge in [-0.2, -0.15) is 0 Å². The zero-order chi connectivity index (χ0) is 38.5. The molecule has 0 aromatic carbocycles. The van der Waals surface area contributed by atoms with Crippen LogP contribution in [0.5, 0.6) is 0 Å². The fourth-order valence-electron chi connectivity index (χ4n) is 11.0. The van der Waals surface area contributed by atoms with Crippen LogP contribution in [-0.2, 0) is 42.7 Å². The summed E-state index contributed by atoms with van der Waals surface area (Å²) < 4.78 is 44.4. The maximum absolute atomic E-state index is 12.7. The SMILES string of the molecule is C[C@H](CCC(=O)NCCOCCOCCOCCOCCO)[C@H]1CC[C@H]2[C@@H]3CC[C@@H]4C[C@H](OCCOCCOCCOCCO)CC[C@]4(C)[C@H]3CC[C@]12C. The van der Waals surface area contributed by atoms with Gasteiger partial charge >= 0.3 is 0 Å². The number of fused-ring (bicyclic) bond motifs is 5. The highest BCUT2D eigenvalue weighted by molar-refractivity contribution is 5.75. The molecule has 0 radical (unpaired) electrons. The third kappa shape index (κ3) is 14.2. The fraction of sp³-hybridized carbons (Fsp3) is 0.976. The first-order chi connectivity index (χ1) is 26.3. The van der Waals surface area contributed by atoms with E-state index in [1.165, 1.54) is 51.4 Å². The number of hydrogen-bond acceptors (Lipinski definition) is 11. The molecular formula is C42H77NO11. The smallest absolute Gasteiger partial charge is 0.220 e. The second kappa shape index (κ2) is 25.4. The Bertz CT molecular complexity index is 1010. The molecule has 0 aromatic heterocycles. The van der Waals surface area contributed by atoms with E-state index in [4.69, 9.17) is 48.1 Å². The van der Waals surface area contributed by atoms with Crippen LogP contribution in [0.2, 0.25) is 0 Å². The topological polar surface area (TPSA) is 143 Å². The van der Waals surface area contributed by atoms with Gasteiger partial charge < -0.3 is 53.4 Å². The van der Waals surface area contributed by atoms with Gasteiger partial charge in [0.15, 0.2) is 0 Å². The van der Waals surface area contributed by atoms with Crippen LogP contribution in [0.4, 0.5) is 0 Å². The van der Waals surface area contributed by atoms with E-state index in [1.807, 2.05) is 0 Å². The Kier molecular flexibility index (Phi) is 21.6. The quantitative estimate of drug-likeness (QED) is 0.0878. The van der Waals surface area contributed by atoms with E-state index in [-0.39, 0.29) is 19.1 Å². The molecule has 4 fully saturated rings. The second-order valence-electron chi connectivity index (χ2n) is 16.8. The summed E-state index contributed by atoms with van der Waals surface area (Å²) in [7, 11) is 0. The summed E-state index contributed by atoms with van der Waals surface area (Å²) in [5.74, 6) is 4.67. The molecule has 4 rings (SSSR count). The lowest BCUT2D eigenvalue weighted by Crippen LogP contribution is -2.54. The molecule has 4 saturated carbocycles. The summed E-state index contributed by atoms with van der Waals surface area (Å²) >= 11 is 0. The Morgan fingerprint density at radius 3 is 1.74 bits per heavy atom. The van der Waals surface area contributed by atoms with E-state index in [2.05, 4.69) is 26.1 Å². The van der Waals surface area contributed by atoms with Gasteiger partial charge in [0, 0.05) is 13.0 Å². The Morgan fingerprint density at radius 1 is 0.630 bits per heavy atom. The molecule has 0 unspecified atom stereocenters. The summed E-state index contributed by atoms with van der Waals surface area (Å²) in [6.07, 6.45) is 13.6. The predicted octanol–water partition coefficient (Wildman–Crippen LogP) is 4.66. The molecular weight excluding hydrogens is 694 g/mol. The largest absolute Gasteiger partial charge is 0.394 e. The second-order valence-corrected chi connectivity index (χ2v) is 16.8. The van der Waals surface area contributed by atoms with Gasteiger partial charge in [0.25, 0.3) is 0 Å². The lowest BCUT2D eigenvalue weighted by Gasteiger charge is -2.61. The molecule has 316 valence electrons. The summed E-state index contributed by atoms with van der Waals surface area (Å²) in [5, 5.41) is 20.4. The Balaban J connectivity index is 1.06. The van der Waals surface area contributed by atoms with Crippen LogP contribution < -0.4 is 5.32 Å². The Hall–Kier alpha value is -0.930. The van der Waals surface area contributed by atoms with Gasteiger partial charge in [-0.15, -0.1) is 0 Å². The zero-order valence-electron chi connectivity index (χ0n) is 34.1. The van der Waals surface area contributed by atoms with Crippen molar-refractivity contribution in [2.45, 2.75) is 97.5 Å². The monoisotopic (exact) mass is 772 g/mol. The molecule has 0 aliphatic heterocycles. The molecule has 9 atom stereocenters. The summed E-state index contributed by atoms with van der Waals surface area (Å²) in [5.41, 5.74) is 0.833. The third-order valence-electron chi connectivity index (χ3n) is 13.7. The molecule has 0 aromatic rings. The summed E-state index contributed by atoms with van der Waals surface area (Å²) in [4.78, 5) is 12.7. The van der Waals surface area contributed by atoms with Gasteiger partial charge in [-0.3, -0.25) is 4.79 Å². The van der Waals surface area contributed by atoms with Crippen LogP contribution in [0.25, 0.3) is 0 Å². The number of rotatable bonds is 30. The van der Waals surface area contributed by atoms with Crippen LogP contribution >= 0.6 is 0 Å². The molecule has 1 amide bonds. The van der Waals surface area contributed by atoms with Gasteiger partial charge in [0.1, 0.15) is 0 Å². The van der Waals surface area contributed by atoms with Crippen molar-refractivity contribution in [1.29, 1.82) is 0 Å². The first kappa shape index (κ1) is 45.8. The molecule has 54 heavy (non-hydrogen) atoms. The van der Waals surface area contributed by atoms with Crippen molar-refractivity contribution in [1.82, 2.24) is 5.32 Å². The normalized spacial score (nSPS) is 31.1. The van der Waals surface area contributed by atoms with Gasteiger partial charge in [-0.25, -0.2) is 0 Å². The number of carbonyl (C=O) groups excluding carboxylic acids is 1. The van der Waals surface area contributed by atoms with Gasteiger partial charge in [-0.1, -0.05) is 20.8 Å². The minimum atomic E-state index is 0.0247. The van der Waals surface area contributed by atoms with E-state index < -0.39 is 0 Å². The van der Waals surface area contributed by atoms with E-state index in [0.29, 0.717) is 141 Å². The number of aliphatic hydroxyl groups excluding tert-OH is 2. The number of ether oxygens (including phenoxy) is 8. The third-order valence-corrected chi connectivity index (χ3v) is 13.7. The van der Waals surface area contributed by atoms with Crippen LogP contribution in [-0.4, -0.2) is 141 Å². The molecule has 0 bridgehead atoms. The van der Waals surface area contributed by atoms with Crippen LogP contribution in [0.15, 0.2) is 0 Å². The standard InChI is InChI=1S/C42H77NO11/c1-33(4-9-40(46)43-14-17-47-20-23-50-26-27-51-24-21-48-18-15-44)37-7-8-38-36-6-5-34-32-35(10-12-41(34,2)39(36)11-13-42(37,38)3)54-31-30-53-29-28-52-25-22-49-19-16-45/h33-39,44-45H,4-32H2,1-3H3,(H,43,46)/t33-,34-,35-,36+,37-,38+,39+,41+,42-/m1/s1. The van der Waals surface area contributed by atoms with E-state index in [1.54, 1.807) is 0 Å². The molecule has 4 aliphatic rings. The van der Waals surface area contributed by atoms with Gasteiger partial charge in [0.05, 0.1) is 118 Å². The molecule has 4 aliphatic carbocycles. The minimum absolute atomic E-state index is 0.0247. The number of amides is 1. The number of aliphatic hydroxyl groups is 2. The summed E-state index contributed by atoms with van der Waals surface area (Å²) in [6.45, 7) is 15.7. The average Bonchev–Trinajstić information content (AvgIpc) is 3.53. The molecule has 0 heterocycles. The minimum Gasteiger partial charge on any atom is -0.394 e. The molecule has 12 heteroatoms. The van der Waals surface area contributed by atoms with Crippen molar-refractivity contribution >= 4 is 5.91 Å². The molecule has 12 nitrogen and oxygen atoms in total. The van der Waals surface area contributed by atoms with Gasteiger partial charge in [-0.05, 0) is 111 Å². The lowest BCUT2D eigenvalue weighted by atomic mass is 9.44. The maximum Gasteiger partial charge on any atom is 0.220 e. The van der Waals surface area contributed by atoms with E-state index in [0.717, 1.165) is 36.5 Å². The van der Waals surface area contributed by atoms with Crippen molar-refractivity contribution in [3.8, 4) is 0 Å². The first-order valence-corrected chi connectivity index (χ1v) is 21.5. The van der Waals surface area contributed by atoms with Crippen molar-refractivity contribution in [2.75, 3.05) is 119 Å². The molecule has 0 spiro atoms. The molecule has 3 N–H and O–H groups in total. The van der Waals surface area contributed by atoms with Crippen LogP contribution in [0.3, 0.4) is 0 Å². The molecule has 0 saturated heterocycles. The van der Waals surface area contributed by atoms with Gasteiger partial charge in [0.2, 0.25) is 5.91 Å². The highest BCUT2D eigenvalue weighted by Gasteiger charge is 2.60. The summed E-state index contributed by atoms with van der Waals surface area (Å²) in [6, 6.07) is 0. The van der Waals surface area contributed by atoms with E-state index in [9.17, 15) is 4.79 Å². The van der Waals surface area contributed by atoms with Crippen molar-refractivity contribution < 1.29 is 52.9 Å². The Morgan fingerprint density at radius 2 is 1.15 bits per heavy atom. The number of hydrogen-bond donors (Lipinski definition) is 3. The van der Waals surface area contributed by atoms with E-state index >= 15 is 0 Å². The maximum atomic E-state index is 12.7. The predicted molar refractivity (Wildman–Crippen MR) is 206 cm³/mol. The average molecular weight is 772 g/mol. The highest BCUT2D eigenvalue weighted by atomic mass is 16.6. The number of nitrogens with one attached hydrogen (secondary N) is 1. The van der Waals surface area contributed by atoms with Crippen molar-refractivity contribution in [3.63, 3.8) is 0 Å². The Labute approximate surface area is 326 Å². The van der Waals surface area contributed by atoms with Crippen molar-refractivity contribution in [2.24, 2.45) is 46.3 Å². The van der Waals surface area contributed by atoms with Crippen LogP contribution in [0, 0.1) is 46.3 Å². The fourth-order valence-corrected chi connectivity index (χ4v) is 11.0. The van der Waals surface area contributed by atoms with Crippen molar-refractivity contribution in [3.05, 3.63) is 0 Å². The van der Waals surface area contributed by atoms with Crippen LogP contribution in [0.1, 0.15) is 91.4 Å². The first-order valence-electron chi connectivity index (χ1n) is 21.5.